The summed E-state index contributed by atoms with van der Waals surface area (Å²) in [7, 11) is 1.71. The summed E-state index contributed by atoms with van der Waals surface area (Å²) in [6.45, 7) is 5.13. The maximum atomic E-state index is 14.0. The number of alkyl halides is 1. The molecule has 11 heteroatoms. The number of likely N-dealkylation sites (tertiary alicyclic amines) is 1. The molecule has 6 rings (SSSR count). The lowest BCUT2D eigenvalue weighted by molar-refractivity contribution is -0.119. The Hall–Kier alpha value is -4.45. The minimum atomic E-state index is -1.12. The fourth-order valence-electron chi connectivity index (χ4n) is 7.01. The molecule has 0 saturated carbocycles. The number of methoxy groups -OCH3 is 1. The lowest BCUT2D eigenvalue weighted by atomic mass is 9.85. The van der Waals surface area contributed by atoms with E-state index in [4.69, 9.17) is 19.3 Å². The van der Waals surface area contributed by atoms with Gasteiger partial charge < -0.3 is 24.4 Å². The van der Waals surface area contributed by atoms with Gasteiger partial charge in [-0.2, -0.15) is 5.10 Å². The second kappa shape index (κ2) is 16.3. The van der Waals surface area contributed by atoms with Gasteiger partial charge in [0, 0.05) is 76.5 Å². The van der Waals surface area contributed by atoms with Crippen LogP contribution in [-0.2, 0) is 20.7 Å². The van der Waals surface area contributed by atoms with E-state index in [0.29, 0.717) is 50.3 Å². The highest BCUT2D eigenvalue weighted by molar-refractivity contribution is 5.97. The SMILES string of the molecule is COCCN1C[C@@H](CC(=O)Cc2c(C)c(-c3cnc(OCF)c(C(=O)NC4CCOCC4)c3)nn2-c2ccccc2)[C@H](c2ccccc2)C1. The number of carbonyl (C=O) groups is 2. The summed E-state index contributed by atoms with van der Waals surface area (Å²) in [4.78, 5) is 34.1. The van der Waals surface area contributed by atoms with E-state index < -0.39 is 12.8 Å². The first-order valence-electron chi connectivity index (χ1n) is 16.9. The Morgan fingerprint density at radius 1 is 1.04 bits per heavy atom. The van der Waals surface area contributed by atoms with E-state index in [1.165, 1.54) is 11.8 Å². The number of pyridine rings is 1. The highest BCUT2D eigenvalue weighted by atomic mass is 19.1. The maximum Gasteiger partial charge on any atom is 0.257 e. The molecule has 0 unspecified atom stereocenters. The summed E-state index contributed by atoms with van der Waals surface area (Å²) in [5.41, 5.74) is 4.92. The molecular formula is C38H44FN5O5. The number of benzene rings is 2. The number of amides is 1. The Balaban J connectivity index is 1.29. The molecule has 2 aromatic heterocycles. The number of halogens is 1. The Morgan fingerprint density at radius 3 is 2.49 bits per heavy atom. The van der Waals surface area contributed by atoms with Crippen LogP contribution in [0.1, 0.15) is 52.4 Å². The van der Waals surface area contributed by atoms with Crippen molar-refractivity contribution in [3.8, 4) is 22.8 Å². The number of hydrogen-bond acceptors (Lipinski definition) is 8. The lowest BCUT2D eigenvalue weighted by Crippen LogP contribution is -2.39. The van der Waals surface area contributed by atoms with Crippen LogP contribution in [0.2, 0.25) is 0 Å². The summed E-state index contributed by atoms with van der Waals surface area (Å²) in [6.07, 6.45) is 3.54. The number of hydrogen-bond donors (Lipinski definition) is 1. The second-order valence-electron chi connectivity index (χ2n) is 12.8. The van der Waals surface area contributed by atoms with Crippen molar-refractivity contribution in [1.29, 1.82) is 0 Å². The predicted octanol–water partition coefficient (Wildman–Crippen LogP) is 5.32. The zero-order valence-corrected chi connectivity index (χ0v) is 28.1. The fourth-order valence-corrected chi connectivity index (χ4v) is 7.01. The van der Waals surface area contributed by atoms with Gasteiger partial charge in [0.1, 0.15) is 11.3 Å². The van der Waals surface area contributed by atoms with Gasteiger partial charge in [0.05, 0.1) is 23.7 Å². The summed E-state index contributed by atoms with van der Waals surface area (Å²) in [5.74, 6) is 0.0653. The third-order valence-electron chi connectivity index (χ3n) is 9.57. The molecule has 2 saturated heterocycles. The van der Waals surface area contributed by atoms with Gasteiger partial charge in [-0.1, -0.05) is 48.5 Å². The van der Waals surface area contributed by atoms with Crippen molar-refractivity contribution in [3.63, 3.8) is 0 Å². The zero-order chi connectivity index (χ0) is 34.2. The largest absolute Gasteiger partial charge is 0.445 e. The van der Waals surface area contributed by atoms with E-state index >= 15 is 0 Å². The van der Waals surface area contributed by atoms with E-state index in [2.05, 4.69) is 39.5 Å². The van der Waals surface area contributed by atoms with Crippen LogP contribution in [0.5, 0.6) is 5.88 Å². The van der Waals surface area contributed by atoms with Gasteiger partial charge >= 0.3 is 0 Å². The standard InChI is InChI=1S/C38H44FN5O5/c1-26-35(21-32(45)19-29-23-43(15-18-47-2)24-34(29)27-9-5-3-6-10-27)44(31-11-7-4-8-12-31)42-36(26)28-20-33(38(40-22-28)49-25-39)37(46)41-30-13-16-48-17-14-30/h3-12,20,22,29-30,34H,13-19,21,23-25H2,1-2H3,(H,41,46)/t29-,34+/m1/s1. The number of nitrogens with zero attached hydrogens (tertiary/aromatic N) is 4. The van der Waals surface area contributed by atoms with Crippen molar-refractivity contribution in [2.24, 2.45) is 5.92 Å². The van der Waals surface area contributed by atoms with Gasteiger partial charge in [-0.3, -0.25) is 9.59 Å². The van der Waals surface area contributed by atoms with Gasteiger partial charge in [-0.25, -0.2) is 14.1 Å². The number of ketones is 1. The van der Waals surface area contributed by atoms with E-state index in [0.717, 1.165) is 36.6 Å². The van der Waals surface area contributed by atoms with Crippen molar-refractivity contribution in [2.45, 2.75) is 44.6 Å². The van der Waals surface area contributed by atoms with Crippen LogP contribution in [0, 0.1) is 12.8 Å². The van der Waals surface area contributed by atoms with Crippen LogP contribution >= 0.6 is 0 Å². The smallest absolute Gasteiger partial charge is 0.257 e. The van der Waals surface area contributed by atoms with Gasteiger partial charge in [0.15, 0.2) is 0 Å². The van der Waals surface area contributed by atoms with Crippen LogP contribution in [0.3, 0.4) is 0 Å². The van der Waals surface area contributed by atoms with Gasteiger partial charge in [-0.15, -0.1) is 0 Å². The highest BCUT2D eigenvalue weighted by Crippen LogP contribution is 2.36. The molecule has 2 aliphatic rings. The molecule has 1 amide bonds. The average Bonchev–Trinajstić information content (AvgIpc) is 3.68. The molecule has 4 heterocycles. The first-order chi connectivity index (χ1) is 23.9. The van der Waals surface area contributed by atoms with Gasteiger partial charge in [-0.05, 0) is 55.0 Å². The van der Waals surface area contributed by atoms with Crippen molar-refractivity contribution < 1.29 is 28.2 Å². The number of nitrogens with one attached hydrogen (secondary N) is 1. The fraction of sp³-hybridized carbons (Fsp3) is 0.421. The monoisotopic (exact) mass is 669 g/mol. The Morgan fingerprint density at radius 2 is 1.78 bits per heavy atom. The Kier molecular flexibility index (Phi) is 11.4. The van der Waals surface area contributed by atoms with Crippen molar-refractivity contribution in [3.05, 3.63) is 95.3 Å². The van der Waals surface area contributed by atoms with Crippen molar-refractivity contribution >= 4 is 11.7 Å². The number of rotatable bonds is 14. The predicted molar refractivity (Wildman–Crippen MR) is 184 cm³/mol. The Bertz CT molecular complexity index is 1710. The lowest BCUT2D eigenvalue weighted by Gasteiger charge is -2.23. The summed E-state index contributed by atoms with van der Waals surface area (Å²) in [5, 5.41) is 7.99. The number of carbonyl (C=O) groups excluding carboxylic acids is 2. The number of para-hydroxylation sites is 1. The minimum absolute atomic E-state index is 0.0619. The number of Topliss-reactive ketones (excluding diaryl/α,β-unsaturated/α-hetero) is 1. The van der Waals surface area contributed by atoms with Crippen LogP contribution in [-0.4, -0.2) is 90.8 Å². The quantitative estimate of drug-likeness (QED) is 0.192. The van der Waals surface area contributed by atoms with E-state index in [1.807, 2.05) is 48.0 Å². The second-order valence-corrected chi connectivity index (χ2v) is 12.8. The molecule has 2 aliphatic heterocycles. The molecule has 2 fully saturated rings. The third kappa shape index (κ3) is 8.24. The van der Waals surface area contributed by atoms with Crippen LogP contribution in [0.25, 0.3) is 16.9 Å². The van der Waals surface area contributed by atoms with E-state index in [1.54, 1.807) is 13.2 Å². The molecule has 0 aliphatic carbocycles. The van der Waals surface area contributed by atoms with E-state index in [9.17, 15) is 14.0 Å². The van der Waals surface area contributed by atoms with Crippen molar-refractivity contribution in [2.75, 3.05) is 53.4 Å². The highest BCUT2D eigenvalue weighted by Gasteiger charge is 2.35. The number of ether oxygens (including phenoxy) is 3. The molecule has 1 N–H and O–H groups in total. The maximum absolute atomic E-state index is 14.0. The summed E-state index contributed by atoms with van der Waals surface area (Å²) >= 11 is 0. The first-order valence-corrected chi connectivity index (χ1v) is 16.9. The van der Waals surface area contributed by atoms with Gasteiger partial charge in [0.25, 0.3) is 5.91 Å². The molecule has 0 spiro atoms. The first kappa shape index (κ1) is 34.4. The molecule has 2 atom stereocenters. The molecular weight excluding hydrogens is 625 g/mol. The normalized spacial score (nSPS) is 18.4. The Labute approximate surface area is 286 Å². The molecule has 0 bridgehead atoms. The van der Waals surface area contributed by atoms with Crippen LogP contribution in [0.15, 0.2) is 72.9 Å². The molecule has 258 valence electrons. The molecule has 49 heavy (non-hydrogen) atoms. The average molecular weight is 670 g/mol. The summed E-state index contributed by atoms with van der Waals surface area (Å²) in [6, 6.07) is 21.7. The van der Waals surface area contributed by atoms with E-state index in [-0.39, 0.29) is 41.5 Å². The number of aromatic nitrogens is 3. The van der Waals surface area contributed by atoms with Gasteiger partial charge in [0.2, 0.25) is 12.7 Å². The van der Waals surface area contributed by atoms with Crippen LogP contribution in [0.4, 0.5) is 4.39 Å². The van der Waals surface area contributed by atoms with Crippen LogP contribution < -0.4 is 10.1 Å². The molecule has 4 aromatic rings. The zero-order valence-electron chi connectivity index (χ0n) is 28.1. The topological polar surface area (TPSA) is 108 Å². The molecule has 10 nitrogen and oxygen atoms in total. The summed E-state index contributed by atoms with van der Waals surface area (Å²) < 4.78 is 31.0. The minimum Gasteiger partial charge on any atom is -0.445 e. The molecule has 0 radical (unpaired) electrons. The van der Waals surface area contributed by atoms with Crippen molar-refractivity contribution in [1.82, 2.24) is 25.0 Å². The third-order valence-corrected chi connectivity index (χ3v) is 9.57. The molecule has 2 aromatic carbocycles.